The zero-order valence-electron chi connectivity index (χ0n) is 10.9. The van der Waals surface area contributed by atoms with Crippen LogP contribution in [-0.4, -0.2) is 28.1 Å². The summed E-state index contributed by atoms with van der Waals surface area (Å²) in [6, 6.07) is 5.31. The Labute approximate surface area is 112 Å². The van der Waals surface area contributed by atoms with E-state index in [1.807, 2.05) is 6.07 Å². The van der Waals surface area contributed by atoms with Crippen LogP contribution in [0, 0.1) is 18.3 Å². The Balaban J connectivity index is 2.00. The van der Waals surface area contributed by atoms with Crippen LogP contribution < -0.4 is 5.32 Å². The van der Waals surface area contributed by atoms with Gasteiger partial charge in [-0.05, 0) is 44.7 Å². The maximum atomic E-state index is 12.0. The molecular formula is C14H17N3O2. The van der Waals surface area contributed by atoms with Gasteiger partial charge in [0.2, 0.25) is 0 Å². The van der Waals surface area contributed by atoms with E-state index >= 15 is 0 Å². The molecule has 2 N–H and O–H groups in total. The highest BCUT2D eigenvalue weighted by Crippen LogP contribution is 2.18. The number of carbonyl (C=O) groups is 1. The summed E-state index contributed by atoms with van der Waals surface area (Å²) >= 11 is 0. The van der Waals surface area contributed by atoms with Gasteiger partial charge in [0.25, 0.3) is 5.91 Å². The van der Waals surface area contributed by atoms with E-state index in [1.54, 1.807) is 19.1 Å². The molecule has 1 saturated carbocycles. The number of nitrogens with zero attached hydrogens (tertiary/aromatic N) is 2. The summed E-state index contributed by atoms with van der Waals surface area (Å²) in [4.78, 5) is 16.2. The standard InChI is InChI=1S/C14H17N3O2/c1-9-10(8-15)2-7-13(16-9)14(19)17-11-3-5-12(18)6-4-11/h2,7,11-12,18H,3-6H2,1H3,(H,17,19). The second kappa shape index (κ2) is 5.81. The van der Waals surface area contributed by atoms with Crippen LogP contribution in [0.15, 0.2) is 12.1 Å². The molecule has 100 valence electrons. The van der Waals surface area contributed by atoms with Crippen molar-refractivity contribution >= 4 is 5.91 Å². The number of carbonyl (C=O) groups excluding carboxylic acids is 1. The zero-order chi connectivity index (χ0) is 13.8. The first-order valence-corrected chi connectivity index (χ1v) is 6.47. The Hall–Kier alpha value is -1.93. The molecular weight excluding hydrogens is 242 g/mol. The minimum absolute atomic E-state index is 0.105. The van der Waals surface area contributed by atoms with Gasteiger partial charge in [-0.25, -0.2) is 4.98 Å². The third-order valence-electron chi connectivity index (χ3n) is 3.47. The normalized spacial score (nSPS) is 22.6. The Kier molecular flexibility index (Phi) is 4.13. The van der Waals surface area contributed by atoms with Crippen molar-refractivity contribution in [3.63, 3.8) is 0 Å². The molecule has 5 heteroatoms. The number of hydrogen-bond donors (Lipinski definition) is 2. The van der Waals surface area contributed by atoms with Gasteiger partial charge in [-0.1, -0.05) is 0 Å². The van der Waals surface area contributed by atoms with Crippen molar-refractivity contribution in [3.05, 3.63) is 29.1 Å². The summed E-state index contributed by atoms with van der Waals surface area (Å²) in [6.45, 7) is 1.71. The fourth-order valence-electron chi connectivity index (χ4n) is 2.29. The lowest BCUT2D eigenvalue weighted by Gasteiger charge is -2.26. The molecule has 1 fully saturated rings. The summed E-state index contributed by atoms with van der Waals surface area (Å²) in [5.74, 6) is -0.214. The van der Waals surface area contributed by atoms with Crippen molar-refractivity contribution in [2.24, 2.45) is 0 Å². The molecule has 2 rings (SSSR count). The number of aliphatic hydroxyl groups is 1. The molecule has 0 spiro atoms. The van der Waals surface area contributed by atoms with Gasteiger partial charge in [-0.3, -0.25) is 4.79 Å². The van der Waals surface area contributed by atoms with Crippen LogP contribution in [0.1, 0.15) is 47.4 Å². The summed E-state index contributed by atoms with van der Waals surface area (Å²) in [6.07, 6.45) is 2.81. The maximum absolute atomic E-state index is 12.0. The first-order valence-electron chi connectivity index (χ1n) is 6.47. The van der Waals surface area contributed by atoms with Gasteiger partial charge in [-0.2, -0.15) is 5.26 Å². The van der Waals surface area contributed by atoms with E-state index in [2.05, 4.69) is 10.3 Å². The number of pyridine rings is 1. The van der Waals surface area contributed by atoms with Crippen molar-refractivity contribution in [1.29, 1.82) is 5.26 Å². The maximum Gasteiger partial charge on any atom is 0.270 e. The van der Waals surface area contributed by atoms with Crippen LogP contribution >= 0.6 is 0 Å². The molecule has 1 amide bonds. The molecule has 0 aromatic carbocycles. The van der Waals surface area contributed by atoms with Crippen molar-refractivity contribution in [2.75, 3.05) is 0 Å². The molecule has 0 atom stereocenters. The molecule has 0 saturated heterocycles. The lowest BCUT2D eigenvalue weighted by atomic mass is 9.93. The van der Waals surface area contributed by atoms with E-state index in [-0.39, 0.29) is 18.1 Å². The summed E-state index contributed by atoms with van der Waals surface area (Å²) < 4.78 is 0. The smallest absolute Gasteiger partial charge is 0.270 e. The number of rotatable bonds is 2. The van der Waals surface area contributed by atoms with E-state index in [1.165, 1.54) is 0 Å². The van der Waals surface area contributed by atoms with Crippen molar-refractivity contribution in [1.82, 2.24) is 10.3 Å². The van der Waals surface area contributed by atoms with Crippen molar-refractivity contribution in [3.8, 4) is 6.07 Å². The third-order valence-corrected chi connectivity index (χ3v) is 3.47. The first kappa shape index (κ1) is 13.5. The molecule has 0 unspecified atom stereocenters. The quantitative estimate of drug-likeness (QED) is 0.838. The van der Waals surface area contributed by atoms with Gasteiger partial charge in [-0.15, -0.1) is 0 Å². The van der Waals surface area contributed by atoms with Crippen molar-refractivity contribution < 1.29 is 9.90 Å². The average Bonchev–Trinajstić information content (AvgIpc) is 2.41. The highest BCUT2D eigenvalue weighted by atomic mass is 16.3. The van der Waals surface area contributed by atoms with E-state index in [0.29, 0.717) is 17.0 Å². The second-order valence-corrected chi connectivity index (χ2v) is 4.92. The van der Waals surface area contributed by atoms with Gasteiger partial charge >= 0.3 is 0 Å². The molecule has 1 aliphatic rings. The van der Waals surface area contributed by atoms with E-state index in [4.69, 9.17) is 5.26 Å². The third kappa shape index (κ3) is 3.30. The summed E-state index contributed by atoms with van der Waals surface area (Å²) in [5, 5.41) is 21.2. The number of nitrogens with one attached hydrogen (secondary N) is 1. The summed E-state index contributed by atoms with van der Waals surface area (Å²) in [5.41, 5.74) is 1.38. The molecule has 1 heterocycles. The highest BCUT2D eigenvalue weighted by molar-refractivity contribution is 5.92. The largest absolute Gasteiger partial charge is 0.393 e. The lowest BCUT2D eigenvalue weighted by Crippen LogP contribution is -2.38. The molecule has 1 aliphatic carbocycles. The Bertz CT molecular complexity index is 514. The monoisotopic (exact) mass is 259 g/mol. The van der Waals surface area contributed by atoms with Gasteiger partial charge in [0.05, 0.1) is 17.4 Å². The number of aliphatic hydroxyl groups excluding tert-OH is 1. The Morgan fingerprint density at radius 2 is 2.11 bits per heavy atom. The SMILES string of the molecule is Cc1nc(C(=O)NC2CCC(O)CC2)ccc1C#N. The van der Waals surface area contributed by atoms with Crippen LogP contribution in [0.3, 0.4) is 0 Å². The minimum atomic E-state index is -0.233. The minimum Gasteiger partial charge on any atom is -0.393 e. The number of hydrogen-bond acceptors (Lipinski definition) is 4. The number of aryl methyl sites for hydroxylation is 1. The van der Waals surface area contributed by atoms with Gasteiger partial charge in [0.1, 0.15) is 11.8 Å². The van der Waals surface area contributed by atoms with E-state index in [0.717, 1.165) is 25.7 Å². The van der Waals surface area contributed by atoms with Crippen LogP contribution in [0.5, 0.6) is 0 Å². The van der Waals surface area contributed by atoms with Gasteiger partial charge in [0.15, 0.2) is 0 Å². The van der Waals surface area contributed by atoms with E-state index in [9.17, 15) is 9.90 Å². The number of aromatic nitrogens is 1. The molecule has 1 aromatic heterocycles. The second-order valence-electron chi connectivity index (χ2n) is 4.92. The zero-order valence-corrected chi connectivity index (χ0v) is 10.9. The summed E-state index contributed by atoms with van der Waals surface area (Å²) in [7, 11) is 0. The fourth-order valence-corrected chi connectivity index (χ4v) is 2.29. The molecule has 19 heavy (non-hydrogen) atoms. The van der Waals surface area contributed by atoms with Crippen molar-refractivity contribution in [2.45, 2.75) is 44.8 Å². The fraction of sp³-hybridized carbons (Fsp3) is 0.500. The van der Waals surface area contributed by atoms with Gasteiger partial charge < -0.3 is 10.4 Å². The van der Waals surface area contributed by atoms with E-state index < -0.39 is 0 Å². The topological polar surface area (TPSA) is 86.0 Å². The van der Waals surface area contributed by atoms with Crippen LogP contribution in [-0.2, 0) is 0 Å². The highest BCUT2D eigenvalue weighted by Gasteiger charge is 2.21. The molecule has 1 aromatic rings. The Morgan fingerprint density at radius 1 is 1.42 bits per heavy atom. The average molecular weight is 259 g/mol. The predicted octanol–water partition coefficient (Wildman–Crippen LogP) is 1.29. The first-order chi connectivity index (χ1) is 9.10. The van der Waals surface area contributed by atoms with Crippen LogP contribution in [0.4, 0.5) is 0 Å². The molecule has 0 aliphatic heterocycles. The number of nitriles is 1. The molecule has 0 radical (unpaired) electrons. The van der Waals surface area contributed by atoms with Gasteiger partial charge in [0, 0.05) is 6.04 Å². The number of amides is 1. The lowest BCUT2D eigenvalue weighted by molar-refractivity contribution is 0.0863. The Morgan fingerprint density at radius 3 is 2.68 bits per heavy atom. The van der Waals surface area contributed by atoms with Crippen LogP contribution in [0.2, 0.25) is 0 Å². The molecule has 0 bridgehead atoms. The predicted molar refractivity (Wildman–Crippen MR) is 69.4 cm³/mol. The molecule has 5 nitrogen and oxygen atoms in total. The van der Waals surface area contributed by atoms with Crippen LogP contribution in [0.25, 0.3) is 0 Å².